The number of fused-ring (bicyclic) bond motifs is 1. The van der Waals surface area contributed by atoms with Crippen molar-refractivity contribution in [3.63, 3.8) is 0 Å². The second-order valence-corrected chi connectivity index (χ2v) is 3.33. The van der Waals surface area contributed by atoms with E-state index in [9.17, 15) is 0 Å². The van der Waals surface area contributed by atoms with Crippen LogP contribution in [0.25, 0.3) is 0 Å². The van der Waals surface area contributed by atoms with E-state index in [4.69, 9.17) is 5.41 Å². The summed E-state index contributed by atoms with van der Waals surface area (Å²) >= 11 is 0. The van der Waals surface area contributed by atoms with Gasteiger partial charge in [0, 0.05) is 19.0 Å². The molecule has 2 rings (SSSR count). The summed E-state index contributed by atoms with van der Waals surface area (Å²) in [6.07, 6.45) is 6.26. The Hall–Kier alpha value is 0.200. The molecule has 0 spiro atoms. The van der Waals surface area contributed by atoms with Crippen molar-refractivity contribution in [2.45, 2.75) is 38.1 Å². The van der Waals surface area contributed by atoms with Crippen LogP contribution >= 0.6 is 24.0 Å². The molecule has 0 radical (unpaired) electrons. The van der Waals surface area contributed by atoms with Crippen molar-refractivity contribution in [2.24, 2.45) is 0 Å². The molecule has 1 N–H and O–H groups in total. The van der Waals surface area contributed by atoms with Crippen LogP contribution in [0, 0.1) is 5.41 Å². The highest BCUT2D eigenvalue weighted by Crippen LogP contribution is 2.27. The van der Waals surface area contributed by atoms with Gasteiger partial charge in [-0.05, 0) is 25.7 Å². The highest BCUT2D eigenvalue weighted by atomic mass is 127. The molecule has 0 aliphatic carbocycles. The first-order valence-corrected chi connectivity index (χ1v) is 4.22. The zero-order valence-corrected chi connectivity index (χ0v) is 9.01. The fraction of sp³-hybridized carbons (Fsp3) is 0.875. The summed E-state index contributed by atoms with van der Waals surface area (Å²) in [6, 6.07) is 0.751. The van der Waals surface area contributed by atoms with Crippen molar-refractivity contribution < 1.29 is 0 Å². The Labute approximate surface area is 84.9 Å². The molecule has 2 saturated heterocycles. The second-order valence-electron chi connectivity index (χ2n) is 3.33. The van der Waals surface area contributed by atoms with E-state index >= 15 is 0 Å². The molecule has 2 heterocycles. The van der Waals surface area contributed by atoms with Gasteiger partial charge in [-0.15, -0.1) is 24.0 Å². The second kappa shape index (κ2) is 3.74. The molecule has 0 amide bonds. The maximum atomic E-state index is 7.64. The zero-order chi connectivity index (χ0) is 6.97. The number of hydrogen-bond acceptors (Lipinski definition) is 1. The molecule has 0 bridgehead atoms. The van der Waals surface area contributed by atoms with Crippen molar-refractivity contribution >= 4 is 29.8 Å². The van der Waals surface area contributed by atoms with Crippen LogP contribution in [0.1, 0.15) is 32.1 Å². The fourth-order valence-corrected chi connectivity index (χ4v) is 2.14. The molecular weight excluding hydrogens is 251 g/mol. The van der Waals surface area contributed by atoms with Crippen molar-refractivity contribution in [3.8, 4) is 0 Å². The van der Waals surface area contributed by atoms with Gasteiger partial charge in [0.15, 0.2) is 0 Å². The van der Waals surface area contributed by atoms with Gasteiger partial charge in [0.1, 0.15) is 0 Å². The quantitative estimate of drug-likeness (QED) is 0.669. The van der Waals surface area contributed by atoms with E-state index < -0.39 is 0 Å². The van der Waals surface area contributed by atoms with Crippen LogP contribution in [0.4, 0.5) is 0 Å². The molecule has 64 valence electrons. The van der Waals surface area contributed by atoms with Crippen LogP contribution in [0.5, 0.6) is 0 Å². The third kappa shape index (κ3) is 1.68. The highest BCUT2D eigenvalue weighted by molar-refractivity contribution is 14.0. The van der Waals surface area contributed by atoms with Crippen LogP contribution in [-0.4, -0.2) is 23.3 Å². The summed E-state index contributed by atoms with van der Waals surface area (Å²) in [5.74, 6) is 0.897. The van der Waals surface area contributed by atoms with Gasteiger partial charge in [-0.3, -0.25) is 5.41 Å². The molecule has 0 saturated carbocycles. The average molecular weight is 266 g/mol. The summed E-state index contributed by atoms with van der Waals surface area (Å²) in [7, 11) is 0. The minimum Gasteiger partial charge on any atom is -0.358 e. The number of amidine groups is 1. The Morgan fingerprint density at radius 2 is 2.00 bits per heavy atom. The van der Waals surface area contributed by atoms with E-state index in [1.165, 1.54) is 25.7 Å². The van der Waals surface area contributed by atoms with E-state index in [2.05, 4.69) is 4.90 Å². The lowest BCUT2D eigenvalue weighted by Crippen LogP contribution is -2.38. The van der Waals surface area contributed by atoms with Crippen LogP contribution in [0.15, 0.2) is 0 Å². The summed E-state index contributed by atoms with van der Waals surface area (Å²) in [4.78, 5) is 2.30. The molecule has 1 unspecified atom stereocenters. The summed E-state index contributed by atoms with van der Waals surface area (Å²) in [5, 5.41) is 7.64. The van der Waals surface area contributed by atoms with E-state index in [-0.39, 0.29) is 24.0 Å². The number of rotatable bonds is 0. The number of halogens is 1. The van der Waals surface area contributed by atoms with Crippen molar-refractivity contribution in [1.82, 2.24) is 4.90 Å². The number of hydrogen-bond donors (Lipinski definition) is 1. The molecule has 0 aromatic heterocycles. The molecule has 11 heavy (non-hydrogen) atoms. The van der Waals surface area contributed by atoms with Gasteiger partial charge in [0.25, 0.3) is 0 Å². The van der Waals surface area contributed by atoms with Crippen LogP contribution in [0.3, 0.4) is 0 Å². The normalized spacial score (nSPS) is 29.6. The number of nitrogens with zero attached hydrogens (tertiary/aromatic N) is 1. The molecule has 3 heteroatoms. The van der Waals surface area contributed by atoms with Gasteiger partial charge in [-0.2, -0.15) is 0 Å². The Kier molecular flexibility index (Phi) is 3.16. The topological polar surface area (TPSA) is 27.1 Å². The average Bonchev–Trinajstić information content (AvgIpc) is 2.36. The first kappa shape index (κ1) is 9.29. The summed E-state index contributed by atoms with van der Waals surface area (Å²) in [5.41, 5.74) is 0. The lowest BCUT2D eigenvalue weighted by atomic mass is 10.0. The Bertz CT molecular complexity index is 158. The SMILES string of the molecule is I.N=C1CCCC2CCCN12. The number of nitrogens with one attached hydrogen (secondary N) is 1. The van der Waals surface area contributed by atoms with Gasteiger partial charge in [0.2, 0.25) is 0 Å². The number of piperidine rings is 1. The first-order chi connectivity index (χ1) is 4.88. The molecule has 2 aliphatic heterocycles. The van der Waals surface area contributed by atoms with Gasteiger partial charge in [0.05, 0.1) is 5.84 Å². The molecule has 2 fully saturated rings. The lowest BCUT2D eigenvalue weighted by Gasteiger charge is -2.31. The van der Waals surface area contributed by atoms with Crippen molar-refractivity contribution in [3.05, 3.63) is 0 Å². The van der Waals surface area contributed by atoms with Crippen molar-refractivity contribution in [2.75, 3.05) is 6.54 Å². The van der Waals surface area contributed by atoms with Gasteiger partial charge in [-0.25, -0.2) is 0 Å². The highest BCUT2D eigenvalue weighted by Gasteiger charge is 2.28. The third-order valence-corrected chi connectivity index (χ3v) is 2.67. The maximum Gasteiger partial charge on any atom is 0.0960 e. The largest absolute Gasteiger partial charge is 0.358 e. The lowest BCUT2D eigenvalue weighted by molar-refractivity contribution is 0.326. The molecular formula is C8H15IN2. The van der Waals surface area contributed by atoms with Gasteiger partial charge >= 0.3 is 0 Å². The van der Waals surface area contributed by atoms with Crippen LogP contribution in [0.2, 0.25) is 0 Å². The van der Waals surface area contributed by atoms with E-state index in [1.807, 2.05) is 0 Å². The smallest absolute Gasteiger partial charge is 0.0960 e. The van der Waals surface area contributed by atoms with E-state index in [0.717, 1.165) is 24.8 Å². The predicted molar refractivity (Wildman–Crippen MR) is 56.7 cm³/mol. The first-order valence-electron chi connectivity index (χ1n) is 4.22. The van der Waals surface area contributed by atoms with Gasteiger partial charge < -0.3 is 4.90 Å². The van der Waals surface area contributed by atoms with E-state index in [1.54, 1.807) is 0 Å². The Balaban J connectivity index is 0.000000605. The molecule has 2 nitrogen and oxygen atoms in total. The van der Waals surface area contributed by atoms with Crippen molar-refractivity contribution in [1.29, 1.82) is 5.41 Å². The molecule has 0 aromatic carbocycles. The van der Waals surface area contributed by atoms with Gasteiger partial charge in [-0.1, -0.05) is 0 Å². The minimum atomic E-state index is 0. The van der Waals surface area contributed by atoms with Crippen LogP contribution in [-0.2, 0) is 0 Å². The predicted octanol–water partition coefficient (Wildman–Crippen LogP) is 2.23. The van der Waals surface area contributed by atoms with E-state index in [0.29, 0.717) is 0 Å². The fourth-order valence-electron chi connectivity index (χ4n) is 2.14. The summed E-state index contributed by atoms with van der Waals surface area (Å²) < 4.78 is 0. The standard InChI is InChI=1S/C8H14N2.HI/c9-8-5-1-3-7-4-2-6-10(7)8;/h7,9H,1-6H2;1H. The third-order valence-electron chi connectivity index (χ3n) is 2.67. The summed E-state index contributed by atoms with van der Waals surface area (Å²) in [6.45, 7) is 1.16. The molecule has 2 aliphatic rings. The maximum absolute atomic E-state index is 7.64. The Morgan fingerprint density at radius 3 is 2.73 bits per heavy atom. The molecule has 1 atom stereocenters. The monoisotopic (exact) mass is 266 g/mol. The molecule has 0 aromatic rings. The minimum absolute atomic E-state index is 0. The Morgan fingerprint density at radius 1 is 1.27 bits per heavy atom. The zero-order valence-electron chi connectivity index (χ0n) is 6.68. The van der Waals surface area contributed by atoms with Crippen LogP contribution < -0.4 is 0 Å².